The summed E-state index contributed by atoms with van der Waals surface area (Å²) in [5.74, 6) is 1.28. The van der Waals surface area contributed by atoms with E-state index in [0.29, 0.717) is 30.2 Å². The molecule has 0 saturated carbocycles. The lowest BCUT2D eigenvalue weighted by molar-refractivity contribution is 0.0616. The fraction of sp³-hybridized carbons (Fsp3) is 0.350. The number of carbonyl (C=O) groups is 1. The maximum absolute atomic E-state index is 13.2. The van der Waals surface area contributed by atoms with Crippen molar-refractivity contribution in [3.63, 3.8) is 0 Å². The number of amides is 1. The first-order valence-electron chi connectivity index (χ1n) is 8.62. The van der Waals surface area contributed by atoms with Crippen LogP contribution >= 0.6 is 0 Å². The maximum Gasteiger partial charge on any atom is 0.258 e. The topological polar surface area (TPSA) is 50.8 Å². The number of methoxy groups -OCH3 is 1. The molecule has 25 heavy (non-hydrogen) atoms. The van der Waals surface area contributed by atoms with Crippen LogP contribution in [0.5, 0.6) is 11.5 Å². The molecule has 0 bridgehead atoms. The second kappa shape index (κ2) is 8.65. The van der Waals surface area contributed by atoms with Gasteiger partial charge in [-0.15, -0.1) is 0 Å². The smallest absolute Gasteiger partial charge is 0.258 e. The summed E-state index contributed by atoms with van der Waals surface area (Å²) in [6.45, 7) is 2.84. The minimum absolute atomic E-state index is 0.0164. The summed E-state index contributed by atoms with van der Waals surface area (Å²) in [6, 6.07) is 17.1. The zero-order valence-corrected chi connectivity index (χ0v) is 14.5. The van der Waals surface area contributed by atoms with Gasteiger partial charge in [0.15, 0.2) is 0 Å². The number of nitrogens with zero attached hydrogens (tertiary/aromatic N) is 1. The van der Waals surface area contributed by atoms with Crippen molar-refractivity contribution >= 4 is 5.91 Å². The lowest BCUT2D eigenvalue weighted by Crippen LogP contribution is -2.43. The van der Waals surface area contributed by atoms with E-state index in [2.05, 4.69) is 5.32 Å². The van der Waals surface area contributed by atoms with Crippen LogP contribution in [0.1, 0.15) is 16.8 Å². The third-order valence-corrected chi connectivity index (χ3v) is 4.36. The molecule has 3 rings (SSSR count). The van der Waals surface area contributed by atoms with Crippen LogP contribution in [-0.2, 0) is 4.74 Å². The Labute approximate surface area is 148 Å². The van der Waals surface area contributed by atoms with Crippen LogP contribution in [0.25, 0.3) is 0 Å². The van der Waals surface area contributed by atoms with Crippen LogP contribution in [0.2, 0.25) is 0 Å². The van der Waals surface area contributed by atoms with Crippen molar-refractivity contribution in [2.75, 3.05) is 33.4 Å². The van der Waals surface area contributed by atoms with Crippen LogP contribution in [-0.4, -0.2) is 50.2 Å². The Kier molecular flexibility index (Phi) is 6.04. The molecule has 1 aliphatic rings. The maximum atomic E-state index is 13.2. The van der Waals surface area contributed by atoms with Gasteiger partial charge in [0.2, 0.25) is 0 Å². The number of hydrogen-bond donors (Lipinski definition) is 1. The zero-order chi connectivity index (χ0) is 17.5. The van der Waals surface area contributed by atoms with E-state index in [1.54, 1.807) is 7.11 Å². The van der Waals surface area contributed by atoms with Gasteiger partial charge < -0.3 is 19.7 Å². The van der Waals surface area contributed by atoms with Gasteiger partial charge in [0.1, 0.15) is 11.5 Å². The third-order valence-electron chi connectivity index (χ3n) is 4.36. The number of para-hydroxylation sites is 2. The lowest BCUT2D eigenvalue weighted by Gasteiger charge is -2.29. The van der Waals surface area contributed by atoms with Gasteiger partial charge in [0.25, 0.3) is 5.91 Å². The van der Waals surface area contributed by atoms with Crippen molar-refractivity contribution < 1.29 is 14.3 Å². The van der Waals surface area contributed by atoms with Crippen molar-refractivity contribution in [1.29, 1.82) is 0 Å². The fourth-order valence-electron chi connectivity index (χ4n) is 3.05. The second-order valence-electron chi connectivity index (χ2n) is 6.05. The van der Waals surface area contributed by atoms with E-state index in [0.717, 1.165) is 19.5 Å². The van der Waals surface area contributed by atoms with Gasteiger partial charge in [-0.05, 0) is 37.2 Å². The van der Waals surface area contributed by atoms with Crippen molar-refractivity contribution in [3.05, 3.63) is 60.2 Å². The van der Waals surface area contributed by atoms with Gasteiger partial charge in [0.05, 0.1) is 12.2 Å². The van der Waals surface area contributed by atoms with Crippen molar-refractivity contribution in [1.82, 2.24) is 10.2 Å². The fourth-order valence-corrected chi connectivity index (χ4v) is 3.05. The first kappa shape index (κ1) is 17.5. The van der Waals surface area contributed by atoms with Crippen molar-refractivity contribution in [3.8, 4) is 11.5 Å². The van der Waals surface area contributed by atoms with Crippen LogP contribution in [0.3, 0.4) is 0 Å². The first-order valence-corrected chi connectivity index (χ1v) is 8.62. The van der Waals surface area contributed by atoms with Crippen molar-refractivity contribution in [2.24, 2.45) is 0 Å². The summed E-state index contributed by atoms with van der Waals surface area (Å²) in [7, 11) is 1.65. The number of nitrogens with one attached hydrogen (secondary N) is 1. The van der Waals surface area contributed by atoms with Crippen LogP contribution in [0.15, 0.2) is 54.6 Å². The minimum Gasteiger partial charge on any atom is -0.457 e. The summed E-state index contributed by atoms with van der Waals surface area (Å²) in [5.41, 5.74) is 0.578. The molecule has 1 N–H and O–H groups in total. The molecule has 1 amide bonds. The van der Waals surface area contributed by atoms with Crippen molar-refractivity contribution in [2.45, 2.75) is 12.5 Å². The minimum atomic E-state index is -0.0164. The molecular formula is C20H24N2O3. The van der Waals surface area contributed by atoms with E-state index >= 15 is 0 Å². The third kappa shape index (κ3) is 4.38. The summed E-state index contributed by atoms with van der Waals surface area (Å²) in [6.07, 6.45) is 0.956. The Morgan fingerprint density at radius 3 is 2.64 bits per heavy atom. The van der Waals surface area contributed by atoms with E-state index in [1.807, 2.05) is 59.5 Å². The molecule has 1 heterocycles. The summed E-state index contributed by atoms with van der Waals surface area (Å²) >= 11 is 0. The van der Waals surface area contributed by atoms with E-state index in [4.69, 9.17) is 9.47 Å². The van der Waals surface area contributed by atoms with E-state index in [1.165, 1.54) is 0 Å². The average molecular weight is 340 g/mol. The van der Waals surface area contributed by atoms with E-state index in [9.17, 15) is 4.79 Å². The highest BCUT2D eigenvalue weighted by Gasteiger charge is 2.28. The summed E-state index contributed by atoms with van der Waals surface area (Å²) in [5, 5.41) is 3.32. The molecule has 1 saturated heterocycles. The second-order valence-corrected chi connectivity index (χ2v) is 6.05. The largest absolute Gasteiger partial charge is 0.457 e. The number of benzene rings is 2. The number of hydrogen-bond acceptors (Lipinski definition) is 4. The Morgan fingerprint density at radius 2 is 1.92 bits per heavy atom. The molecule has 132 valence electrons. The van der Waals surface area contributed by atoms with E-state index in [-0.39, 0.29) is 11.9 Å². The van der Waals surface area contributed by atoms with Gasteiger partial charge in [-0.25, -0.2) is 0 Å². The SMILES string of the molecule is COCCN(C(=O)c1ccccc1Oc1ccccc1)C1CCNC1. The number of carbonyl (C=O) groups excluding carboxylic acids is 1. The molecule has 0 radical (unpaired) electrons. The molecule has 0 aromatic heterocycles. The molecule has 0 spiro atoms. The molecule has 1 fully saturated rings. The number of ether oxygens (including phenoxy) is 2. The summed E-state index contributed by atoms with van der Waals surface area (Å²) in [4.78, 5) is 15.1. The predicted molar refractivity (Wildman–Crippen MR) is 97.1 cm³/mol. The molecule has 1 atom stereocenters. The quantitative estimate of drug-likeness (QED) is 0.842. The molecule has 1 aliphatic heterocycles. The normalized spacial score (nSPS) is 16.6. The highest BCUT2D eigenvalue weighted by Crippen LogP contribution is 2.27. The highest BCUT2D eigenvalue weighted by atomic mass is 16.5. The van der Waals surface area contributed by atoms with Crippen LogP contribution < -0.4 is 10.1 Å². The lowest BCUT2D eigenvalue weighted by atomic mass is 10.1. The van der Waals surface area contributed by atoms with E-state index < -0.39 is 0 Å². The van der Waals surface area contributed by atoms with Gasteiger partial charge in [0, 0.05) is 26.2 Å². The molecule has 0 aliphatic carbocycles. The average Bonchev–Trinajstić information content (AvgIpc) is 3.18. The predicted octanol–water partition coefficient (Wildman–Crippen LogP) is 2.93. The Morgan fingerprint density at radius 1 is 1.16 bits per heavy atom. The Hall–Kier alpha value is -2.37. The van der Waals surface area contributed by atoms with Crippen LogP contribution in [0, 0.1) is 0 Å². The molecule has 5 heteroatoms. The number of rotatable bonds is 7. The zero-order valence-electron chi connectivity index (χ0n) is 14.5. The molecule has 5 nitrogen and oxygen atoms in total. The molecule has 2 aromatic rings. The Balaban J connectivity index is 1.84. The monoisotopic (exact) mass is 340 g/mol. The van der Waals surface area contributed by atoms with Gasteiger partial charge in [-0.2, -0.15) is 0 Å². The summed E-state index contributed by atoms with van der Waals surface area (Å²) < 4.78 is 11.2. The molecular weight excluding hydrogens is 316 g/mol. The molecule has 1 unspecified atom stereocenters. The highest BCUT2D eigenvalue weighted by molar-refractivity contribution is 5.97. The van der Waals surface area contributed by atoms with Gasteiger partial charge in [-0.3, -0.25) is 4.79 Å². The standard InChI is InChI=1S/C20H24N2O3/c1-24-14-13-22(16-11-12-21-15-16)20(23)18-9-5-6-10-19(18)25-17-7-3-2-4-8-17/h2-10,16,21H,11-15H2,1H3. The first-order chi connectivity index (χ1) is 12.3. The Bertz CT molecular complexity index is 684. The van der Waals surface area contributed by atoms with Crippen LogP contribution in [0.4, 0.5) is 0 Å². The molecule has 2 aromatic carbocycles. The van der Waals surface area contributed by atoms with Gasteiger partial charge >= 0.3 is 0 Å². The van der Waals surface area contributed by atoms with Gasteiger partial charge in [-0.1, -0.05) is 30.3 Å².